The van der Waals surface area contributed by atoms with Gasteiger partial charge < -0.3 is 14.8 Å². The van der Waals surface area contributed by atoms with E-state index in [9.17, 15) is 4.79 Å². The van der Waals surface area contributed by atoms with Crippen molar-refractivity contribution in [3.63, 3.8) is 0 Å². The average Bonchev–Trinajstić information content (AvgIpc) is 2.67. The van der Waals surface area contributed by atoms with Gasteiger partial charge in [0, 0.05) is 23.6 Å². The Morgan fingerprint density at radius 2 is 1.85 bits per heavy atom. The van der Waals surface area contributed by atoms with Crippen LogP contribution in [0.3, 0.4) is 0 Å². The summed E-state index contributed by atoms with van der Waals surface area (Å²) in [5.74, 6) is 0.725. The van der Waals surface area contributed by atoms with Crippen molar-refractivity contribution in [2.24, 2.45) is 0 Å². The Bertz CT molecular complexity index is 743. The molecule has 0 bridgehead atoms. The molecule has 142 valence electrons. The zero-order valence-corrected chi connectivity index (χ0v) is 16.6. The van der Waals surface area contributed by atoms with Crippen LogP contribution < -0.4 is 10.1 Å². The maximum Gasteiger partial charge on any atom is 0.256 e. The predicted molar refractivity (Wildman–Crippen MR) is 108 cm³/mol. The number of fused-ring (bicyclic) bond motifs is 1. The Labute approximate surface area is 156 Å². The van der Waals surface area contributed by atoms with Crippen molar-refractivity contribution in [1.29, 1.82) is 0 Å². The highest BCUT2D eigenvalue weighted by Crippen LogP contribution is 2.33. The van der Waals surface area contributed by atoms with Crippen LogP contribution in [0.1, 0.15) is 53.4 Å². The number of rotatable bonds is 9. The molecule has 2 aromatic carbocycles. The molecule has 0 aromatic heterocycles. The number of ether oxygens (including phenoxy) is 2. The largest absolute Gasteiger partial charge is 0.490 e. The monoisotopic (exact) mass is 357 g/mol. The molecule has 4 nitrogen and oxygen atoms in total. The lowest BCUT2D eigenvalue weighted by Gasteiger charge is -2.27. The van der Waals surface area contributed by atoms with Gasteiger partial charge in [-0.1, -0.05) is 51.0 Å². The third-order valence-electron chi connectivity index (χ3n) is 4.97. The number of anilines is 1. The summed E-state index contributed by atoms with van der Waals surface area (Å²) in [6.45, 7) is 8.11. The summed E-state index contributed by atoms with van der Waals surface area (Å²) in [6, 6.07) is 11.8. The quantitative estimate of drug-likeness (QED) is 0.640. The van der Waals surface area contributed by atoms with Gasteiger partial charge in [0.05, 0.1) is 6.10 Å². The first-order chi connectivity index (χ1) is 12.4. The topological polar surface area (TPSA) is 47.6 Å². The Hall–Kier alpha value is -2.07. The lowest BCUT2D eigenvalue weighted by atomic mass is 9.97. The van der Waals surface area contributed by atoms with Crippen molar-refractivity contribution < 1.29 is 14.3 Å². The van der Waals surface area contributed by atoms with E-state index in [4.69, 9.17) is 9.47 Å². The van der Waals surface area contributed by atoms with Crippen LogP contribution in [0.5, 0.6) is 5.75 Å². The Morgan fingerprint density at radius 3 is 2.46 bits per heavy atom. The zero-order valence-electron chi connectivity index (χ0n) is 16.6. The van der Waals surface area contributed by atoms with Gasteiger partial charge >= 0.3 is 0 Å². The number of hydrogen-bond donors (Lipinski definition) is 1. The fourth-order valence-corrected chi connectivity index (χ4v) is 2.86. The van der Waals surface area contributed by atoms with E-state index in [1.807, 2.05) is 43.3 Å². The van der Waals surface area contributed by atoms with Gasteiger partial charge in [-0.2, -0.15) is 0 Å². The van der Waals surface area contributed by atoms with Crippen LogP contribution in [0.25, 0.3) is 10.8 Å². The van der Waals surface area contributed by atoms with E-state index in [1.54, 1.807) is 7.11 Å². The number of unbranched alkanes of at least 4 members (excludes halogenated alkanes) is 1. The number of carbonyl (C=O) groups is 1. The first kappa shape index (κ1) is 20.2. The molecular formula is C22H31NO3. The Balaban J connectivity index is 2.33. The second-order valence-electron chi connectivity index (χ2n) is 6.99. The second-order valence-corrected chi connectivity index (χ2v) is 6.99. The molecule has 0 saturated carbocycles. The van der Waals surface area contributed by atoms with Crippen molar-refractivity contribution >= 4 is 22.4 Å². The lowest BCUT2D eigenvalue weighted by Crippen LogP contribution is -2.42. The third-order valence-corrected chi connectivity index (χ3v) is 4.97. The maximum absolute atomic E-state index is 12.9. The summed E-state index contributed by atoms with van der Waals surface area (Å²) in [7, 11) is 1.59. The van der Waals surface area contributed by atoms with E-state index in [-0.39, 0.29) is 12.0 Å². The van der Waals surface area contributed by atoms with E-state index in [1.165, 1.54) is 0 Å². The number of carbonyl (C=O) groups excluding carboxylic acids is 1. The van der Waals surface area contributed by atoms with Crippen LogP contribution >= 0.6 is 0 Å². The van der Waals surface area contributed by atoms with Gasteiger partial charge in [-0.25, -0.2) is 0 Å². The van der Waals surface area contributed by atoms with Gasteiger partial charge in [-0.15, -0.1) is 0 Å². The van der Waals surface area contributed by atoms with Gasteiger partial charge in [0.25, 0.3) is 5.91 Å². The maximum atomic E-state index is 12.9. The molecule has 0 aliphatic carbocycles. The van der Waals surface area contributed by atoms with Gasteiger partial charge in [0.2, 0.25) is 0 Å². The van der Waals surface area contributed by atoms with Gasteiger partial charge in [-0.3, -0.25) is 4.79 Å². The van der Waals surface area contributed by atoms with Crippen molar-refractivity contribution in [3.8, 4) is 5.75 Å². The van der Waals surface area contributed by atoms with Gasteiger partial charge in [0.15, 0.2) is 0 Å². The summed E-state index contributed by atoms with van der Waals surface area (Å²) >= 11 is 0. The number of nitrogens with one attached hydrogen (secondary N) is 1. The van der Waals surface area contributed by atoms with Crippen LogP contribution in [-0.2, 0) is 9.53 Å². The molecule has 2 aromatic rings. The smallest absolute Gasteiger partial charge is 0.256 e. The number of methoxy groups -OCH3 is 1. The first-order valence-electron chi connectivity index (χ1n) is 9.50. The summed E-state index contributed by atoms with van der Waals surface area (Å²) in [5.41, 5.74) is -0.0508. The molecule has 0 fully saturated rings. The van der Waals surface area contributed by atoms with Crippen LogP contribution in [0.2, 0.25) is 0 Å². The molecule has 0 aliphatic heterocycles. The van der Waals surface area contributed by atoms with Crippen LogP contribution in [0, 0.1) is 0 Å². The minimum Gasteiger partial charge on any atom is -0.490 e. The van der Waals surface area contributed by atoms with Crippen molar-refractivity contribution in [2.45, 2.75) is 65.1 Å². The van der Waals surface area contributed by atoms with E-state index < -0.39 is 5.60 Å². The minimum atomic E-state index is -0.830. The zero-order chi connectivity index (χ0) is 19.2. The van der Waals surface area contributed by atoms with Crippen molar-refractivity contribution in [3.05, 3.63) is 36.4 Å². The minimum absolute atomic E-state index is 0.116. The SMILES string of the molecule is CCCC[C@](C)(OC)C(=O)Nc1ccc(O[C@@H](C)CC)c2ccccc12. The van der Waals surface area contributed by atoms with Crippen LogP contribution in [0.15, 0.2) is 36.4 Å². The Morgan fingerprint density at radius 1 is 1.15 bits per heavy atom. The highest BCUT2D eigenvalue weighted by atomic mass is 16.5. The summed E-state index contributed by atoms with van der Waals surface area (Å²) < 4.78 is 11.6. The molecule has 0 spiro atoms. The molecule has 4 heteroatoms. The molecule has 2 atom stereocenters. The summed E-state index contributed by atoms with van der Waals surface area (Å²) in [5, 5.41) is 5.03. The molecule has 1 N–H and O–H groups in total. The predicted octanol–water partition coefficient (Wildman–Crippen LogP) is 5.55. The summed E-state index contributed by atoms with van der Waals surface area (Å²) in [6.07, 6.45) is 3.75. The summed E-state index contributed by atoms with van der Waals surface area (Å²) in [4.78, 5) is 12.9. The molecule has 26 heavy (non-hydrogen) atoms. The average molecular weight is 357 g/mol. The standard InChI is InChI=1S/C22H31NO3/c1-6-8-15-22(4,25-5)21(24)23-19-13-14-20(26-16(3)7-2)18-12-10-9-11-17(18)19/h9-14,16H,6-8,15H2,1-5H3,(H,23,24)/t16-,22-/m0/s1. The molecule has 0 radical (unpaired) electrons. The van der Waals surface area contributed by atoms with Crippen LogP contribution in [-0.4, -0.2) is 24.7 Å². The Kier molecular flexibility index (Phi) is 7.04. The molecule has 0 heterocycles. The fraction of sp³-hybridized carbons (Fsp3) is 0.500. The van der Waals surface area contributed by atoms with E-state index >= 15 is 0 Å². The second kappa shape index (κ2) is 9.04. The molecule has 0 saturated heterocycles. The van der Waals surface area contributed by atoms with Crippen molar-refractivity contribution in [2.75, 3.05) is 12.4 Å². The van der Waals surface area contributed by atoms with Gasteiger partial charge in [-0.05, 0) is 38.8 Å². The van der Waals surface area contributed by atoms with E-state index in [2.05, 4.69) is 26.1 Å². The molecule has 2 rings (SSSR count). The van der Waals surface area contributed by atoms with Crippen LogP contribution in [0.4, 0.5) is 5.69 Å². The highest BCUT2D eigenvalue weighted by Gasteiger charge is 2.32. The molecule has 0 aliphatic rings. The molecular weight excluding hydrogens is 326 g/mol. The van der Waals surface area contributed by atoms with Gasteiger partial charge in [0.1, 0.15) is 11.4 Å². The number of hydrogen-bond acceptors (Lipinski definition) is 3. The first-order valence-corrected chi connectivity index (χ1v) is 9.50. The number of amides is 1. The highest BCUT2D eigenvalue weighted by molar-refractivity contribution is 6.06. The normalized spacial score (nSPS) is 14.7. The van der Waals surface area contributed by atoms with Crippen molar-refractivity contribution in [1.82, 2.24) is 0 Å². The lowest BCUT2D eigenvalue weighted by molar-refractivity contribution is -0.136. The fourth-order valence-electron chi connectivity index (χ4n) is 2.86. The number of benzene rings is 2. The van der Waals surface area contributed by atoms with E-state index in [0.29, 0.717) is 6.42 Å². The third kappa shape index (κ3) is 4.55. The molecule has 1 amide bonds. The molecule has 0 unspecified atom stereocenters. The van der Waals surface area contributed by atoms with E-state index in [0.717, 1.165) is 41.5 Å².